The van der Waals surface area contributed by atoms with Crippen molar-refractivity contribution in [3.8, 4) is 11.1 Å². The van der Waals surface area contributed by atoms with Gasteiger partial charge in [0.05, 0.1) is 0 Å². The van der Waals surface area contributed by atoms with E-state index < -0.39 is 18.0 Å². The minimum atomic E-state index is -0.864. The number of amides is 2. The number of carbonyl (C=O) groups excluding carboxylic acids is 2. The molecule has 0 saturated carbocycles. The molecule has 1 aromatic heterocycles. The van der Waals surface area contributed by atoms with Gasteiger partial charge in [-0.3, -0.25) is 20.0 Å². The van der Waals surface area contributed by atoms with E-state index in [0.717, 1.165) is 22.3 Å². The van der Waals surface area contributed by atoms with Crippen LogP contribution in [0.5, 0.6) is 0 Å². The van der Waals surface area contributed by atoms with E-state index in [1.54, 1.807) is 0 Å². The molecule has 0 fully saturated rings. The van der Waals surface area contributed by atoms with Crippen molar-refractivity contribution < 1.29 is 24.2 Å². The van der Waals surface area contributed by atoms with Gasteiger partial charge < -0.3 is 15.2 Å². The summed E-state index contributed by atoms with van der Waals surface area (Å²) in [6.45, 7) is 2.32. The highest BCUT2D eigenvalue weighted by molar-refractivity contribution is 5.94. The van der Waals surface area contributed by atoms with Crippen molar-refractivity contribution in [3.05, 3.63) is 71.4 Å². The summed E-state index contributed by atoms with van der Waals surface area (Å²) in [6.07, 6.45) is -0.0756. The maximum atomic E-state index is 12.4. The molecule has 1 unspecified atom stereocenters. The summed E-state index contributed by atoms with van der Waals surface area (Å²) < 4.78 is 5.48. The van der Waals surface area contributed by atoms with Gasteiger partial charge in [-0.1, -0.05) is 55.5 Å². The van der Waals surface area contributed by atoms with E-state index in [0.29, 0.717) is 13.0 Å². The fraction of sp³-hybridized carbons (Fsp3) is 0.280. The number of fused-ring (bicyclic) bond motifs is 3. The van der Waals surface area contributed by atoms with E-state index in [2.05, 4.69) is 33.0 Å². The van der Waals surface area contributed by atoms with E-state index in [9.17, 15) is 14.4 Å². The number of carboxylic acid groups (broad SMARTS) is 1. The van der Waals surface area contributed by atoms with Crippen LogP contribution in [0.15, 0.2) is 54.6 Å². The molecule has 2 amide bonds. The van der Waals surface area contributed by atoms with Gasteiger partial charge in [-0.05, 0) is 34.6 Å². The first kappa shape index (κ1) is 23.0. The minimum absolute atomic E-state index is 0.0497. The number of aliphatic carboxylic acids is 1. The number of anilines is 1. The van der Waals surface area contributed by atoms with Crippen LogP contribution in [-0.2, 0) is 9.53 Å². The van der Waals surface area contributed by atoms with Crippen molar-refractivity contribution in [1.29, 1.82) is 0 Å². The molecule has 2 aromatic carbocycles. The number of aromatic amines is 1. The van der Waals surface area contributed by atoms with Crippen LogP contribution in [-0.4, -0.2) is 46.4 Å². The molecule has 1 aliphatic rings. The summed E-state index contributed by atoms with van der Waals surface area (Å²) in [5.74, 6) is -1.19. The molecule has 4 N–H and O–H groups in total. The molecule has 9 nitrogen and oxygen atoms in total. The van der Waals surface area contributed by atoms with Gasteiger partial charge in [0.25, 0.3) is 5.91 Å². The molecule has 0 radical (unpaired) electrons. The molecule has 0 saturated heterocycles. The van der Waals surface area contributed by atoms with Crippen LogP contribution in [0, 0.1) is 5.92 Å². The molecule has 3 aromatic rings. The number of rotatable bonds is 9. The zero-order valence-electron chi connectivity index (χ0n) is 18.7. The third-order valence-corrected chi connectivity index (χ3v) is 5.84. The fourth-order valence-electron chi connectivity index (χ4n) is 4.17. The number of ether oxygens (including phenoxy) is 1. The normalized spacial score (nSPS) is 13.0. The molecular formula is C25H26N4O5. The van der Waals surface area contributed by atoms with Crippen LogP contribution in [0.25, 0.3) is 11.1 Å². The Labute approximate surface area is 196 Å². The van der Waals surface area contributed by atoms with Crippen molar-refractivity contribution in [2.45, 2.75) is 25.7 Å². The molecule has 4 rings (SSSR count). The number of nitrogens with zero attached hydrogens (tertiary/aromatic N) is 1. The third kappa shape index (κ3) is 5.25. The lowest BCUT2D eigenvalue weighted by Crippen LogP contribution is -2.26. The number of carboxylic acids is 1. The third-order valence-electron chi connectivity index (χ3n) is 5.84. The molecule has 0 bridgehead atoms. The largest absolute Gasteiger partial charge is 0.481 e. The highest BCUT2D eigenvalue weighted by Gasteiger charge is 2.29. The average molecular weight is 463 g/mol. The monoisotopic (exact) mass is 462 g/mol. The predicted octanol–water partition coefficient (Wildman–Crippen LogP) is 4.00. The predicted molar refractivity (Wildman–Crippen MR) is 126 cm³/mol. The van der Waals surface area contributed by atoms with Gasteiger partial charge >= 0.3 is 12.1 Å². The van der Waals surface area contributed by atoms with Crippen molar-refractivity contribution in [1.82, 2.24) is 15.5 Å². The SMILES string of the molecule is CC(CCNC(=O)c1cc(NC(=O)OCC2c3ccccc3-c3ccccc32)n[nH]1)CC(=O)O. The second-order valence-electron chi connectivity index (χ2n) is 8.37. The zero-order valence-corrected chi connectivity index (χ0v) is 18.7. The topological polar surface area (TPSA) is 133 Å². The number of benzene rings is 2. The second kappa shape index (κ2) is 10.2. The van der Waals surface area contributed by atoms with E-state index in [1.165, 1.54) is 6.07 Å². The van der Waals surface area contributed by atoms with Crippen LogP contribution < -0.4 is 10.6 Å². The number of aromatic nitrogens is 2. The van der Waals surface area contributed by atoms with Gasteiger partial charge in [-0.15, -0.1) is 0 Å². The number of carbonyl (C=O) groups is 3. The first-order valence-electron chi connectivity index (χ1n) is 11.1. The van der Waals surface area contributed by atoms with Crippen LogP contribution in [0.4, 0.5) is 10.6 Å². The zero-order chi connectivity index (χ0) is 24.1. The van der Waals surface area contributed by atoms with Crippen LogP contribution in [0.2, 0.25) is 0 Å². The quantitative estimate of drug-likeness (QED) is 0.380. The van der Waals surface area contributed by atoms with E-state index >= 15 is 0 Å². The highest BCUT2D eigenvalue weighted by Crippen LogP contribution is 2.44. The lowest BCUT2D eigenvalue weighted by atomic mass is 9.98. The lowest BCUT2D eigenvalue weighted by Gasteiger charge is -2.14. The molecule has 0 spiro atoms. The van der Waals surface area contributed by atoms with Crippen LogP contribution in [0.1, 0.15) is 47.3 Å². The van der Waals surface area contributed by atoms with Gasteiger partial charge in [-0.25, -0.2) is 4.79 Å². The number of nitrogens with one attached hydrogen (secondary N) is 3. The molecule has 1 heterocycles. The maximum Gasteiger partial charge on any atom is 0.412 e. The van der Waals surface area contributed by atoms with Crippen molar-refractivity contribution in [3.63, 3.8) is 0 Å². The summed E-state index contributed by atoms with van der Waals surface area (Å²) in [7, 11) is 0. The standard InChI is InChI=1S/C25H26N4O5/c1-15(12-23(30)31)10-11-26-24(32)21-13-22(29-28-21)27-25(33)34-14-20-18-8-4-2-6-16(18)17-7-3-5-9-19(17)20/h2-9,13,15,20H,10-12,14H2,1H3,(H,26,32)(H,30,31)(H2,27,28,29,33). The van der Waals surface area contributed by atoms with Gasteiger partial charge in [0.15, 0.2) is 5.82 Å². The molecule has 34 heavy (non-hydrogen) atoms. The Kier molecular flexibility index (Phi) is 6.91. The Morgan fingerprint density at radius 1 is 1.09 bits per heavy atom. The first-order chi connectivity index (χ1) is 16.4. The van der Waals surface area contributed by atoms with Crippen LogP contribution >= 0.6 is 0 Å². The molecule has 9 heteroatoms. The number of hydrogen-bond donors (Lipinski definition) is 4. The fourth-order valence-corrected chi connectivity index (χ4v) is 4.17. The summed E-state index contributed by atoms with van der Waals surface area (Å²) >= 11 is 0. The van der Waals surface area contributed by atoms with Crippen LogP contribution in [0.3, 0.4) is 0 Å². The highest BCUT2D eigenvalue weighted by atomic mass is 16.5. The average Bonchev–Trinajstić information content (AvgIpc) is 3.40. The number of hydrogen-bond acceptors (Lipinski definition) is 5. The Morgan fingerprint density at radius 2 is 1.74 bits per heavy atom. The Bertz CT molecular complexity index is 1160. The maximum absolute atomic E-state index is 12.4. The second-order valence-corrected chi connectivity index (χ2v) is 8.37. The summed E-state index contributed by atoms with van der Waals surface area (Å²) in [6, 6.07) is 17.6. The van der Waals surface area contributed by atoms with Gasteiger partial charge in [0.1, 0.15) is 12.3 Å². The van der Waals surface area contributed by atoms with Gasteiger partial charge in [0.2, 0.25) is 0 Å². The molecular weight excluding hydrogens is 436 g/mol. The molecule has 1 atom stereocenters. The molecule has 1 aliphatic carbocycles. The lowest BCUT2D eigenvalue weighted by molar-refractivity contribution is -0.138. The van der Waals surface area contributed by atoms with E-state index in [4.69, 9.17) is 9.84 Å². The smallest absolute Gasteiger partial charge is 0.412 e. The summed E-state index contributed by atoms with van der Waals surface area (Å²) in [5, 5.41) is 20.5. The Balaban J connectivity index is 1.29. The minimum Gasteiger partial charge on any atom is -0.481 e. The summed E-state index contributed by atoms with van der Waals surface area (Å²) in [5.41, 5.74) is 4.71. The first-order valence-corrected chi connectivity index (χ1v) is 11.1. The summed E-state index contributed by atoms with van der Waals surface area (Å²) in [4.78, 5) is 35.3. The number of H-pyrrole nitrogens is 1. The van der Waals surface area contributed by atoms with Crippen molar-refractivity contribution >= 4 is 23.8 Å². The Morgan fingerprint density at radius 3 is 2.38 bits per heavy atom. The molecule has 176 valence electrons. The van der Waals surface area contributed by atoms with Crippen molar-refractivity contribution in [2.24, 2.45) is 5.92 Å². The van der Waals surface area contributed by atoms with E-state index in [1.807, 2.05) is 43.3 Å². The van der Waals surface area contributed by atoms with Gasteiger partial charge in [0, 0.05) is 24.9 Å². The van der Waals surface area contributed by atoms with Crippen molar-refractivity contribution in [2.75, 3.05) is 18.5 Å². The molecule has 0 aliphatic heterocycles. The van der Waals surface area contributed by atoms with E-state index in [-0.39, 0.29) is 36.4 Å². The Hall–Kier alpha value is -4.14. The van der Waals surface area contributed by atoms with Gasteiger partial charge in [-0.2, -0.15) is 5.10 Å².